The Hall–Kier alpha value is -0.645. The van der Waals surface area contributed by atoms with E-state index >= 15 is 0 Å². The number of rotatable bonds is 1. The van der Waals surface area contributed by atoms with Crippen LogP contribution < -0.4 is 5.46 Å². The average molecular weight is 206 g/mol. The number of hydrogen-bond donors (Lipinski definition) is 0. The summed E-state index contributed by atoms with van der Waals surface area (Å²) in [4.78, 5) is -0.704. The SMILES string of the molecule is [B-]c1c(F)c(F)c(SC)c(F)c1F. The molecule has 0 aliphatic rings. The molecule has 0 spiro atoms. The van der Waals surface area contributed by atoms with Gasteiger partial charge in [-0.3, -0.25) is 0 Å². The second-order valence-corrected chi connectivity index (χ2v) is 3.02. The fourth-order valence-electron chi connectivity index (χ4n) is 0.808. The van der Waals surface area contributed by atoms with Gasteiger partial charge in [-0.05, 0) is 6.26 Å². The second-order valence-electron chi connectivity index (χ2n) is 2.20. The van der Waals surface area contributed by atoms with Gasteiger partial charge < -0.3 is 7.85 Å². The van der Waals surface area contributed by atoms with Crippen molar-refractivity contribution in [1.29, 1.82) is 0 Å². The summed E-state index contributed by atoms with van der Waals surface area (Å²) in [6, 6.07) is 0. The molecule has 1 rings (SSSR count). The van der Waals surface area contributed by atoms with Crippen molar-refractivity contribution >= 4 is 25.1 Å². The lowest BCUT2D eigenvalue weighted by Crippen LogP contribution is -2.19. The molecule has 1 aromatic carbocycles. The molecule has 13 heavy (non-hydrogen) atoms. The van der Waals surface area contributed by atoms with E-state index in [4.69, 9.17) is 7.85 Å². The van der Waals surface area contributed by atoms with Crippen LogP contribution in [0, 0.1) is 23.3 Å². The van der Waals surface area contributed by atoms with Crippen LogP contribution in [0.4, 0.5) is 17.6 Å². The third-order valence-electron chi connectivity index (χ3n) is 1.46. The summed E-state index contributed by atoms with van der Waals surface area (Å²) >= 11 is 0.574. The molecule has 0 heterocycles. The molecule has 1 aromatic rings. The Balaban J connectivity index is 3.56. The van der Waals surface area contributed by atoms with Gasteiger partial charge in [0.05, 0.1) is 4.90 Å². The standard InChI is InChI=1S/C7H3BF4S/c1-13-7-5(11)3(9)2(8)4(10)6(7)12/h1H3/q-1. The highest BCUT2D eigenvalue weighted by molar-refractivity contribution is 7.98. The first kappa shape index (κ1) is 10.4. The smallest absolute Gasteiger partial charge is 0.171 e. The van der Waals surface area contributed by atoms with Crippen LogP contribution in [0.25, 0.3) is 0 Å². The molecule has 0 saturated carbocycles. The lowest BCUT2D eigenvalue weighted by Gasteiger charge is -2.14. The van der Waals surface area contributed by atoms with E-state index in [-0.39, 0.29) is 0 Å². The second kappa shape index (κ2) is 3.61. The lowest BCUT2D eigenvalue weighted by atomic mass is 9.94. The van der Waals surface area contributed by atoms with Crippen molar-refractivity contribution in [2.45, 2.75) is 4.90 Å². The van der Waals surface area contributed by atoms with Crippen molar-refractivity contribution in [2.75, 3.05) is 6.26 Å². The summed E-state index contributed by atoms with van der Waals surface area (Å²) in [5.41, 5.74) is -1.13. The Morgan fingerprint density at radius 2 is 1.31 bits per heavy atom. The molecular weight excluding hydrogens is 203 g/mol. The molecule has 0 fully saturated rings. The Bertz CT molecular complexity index is 324. The number of hydrogen-bond acceptors (Lipinski definition) is 1. The maximum atomic E-state index is 12.8. The summed E-state index contributed by atoms with van der Waals surface area (Å²) in [6.07, 6.45) is 1.30. The van der Waals surface area contributed by atoms with Crippen LogP contribution >= 0.6 is 11.8 Å². The highest BCUT2D eigenvalue weighted by Crippen LogP contribution is 2.25. The first-order valence-electron chi connectivity index (χ1n) is 3.16. The summed E-state index contributed by atoms with van der Waals surface area (Å²) in [6.45, 7) is 0. The minimum atomic E-state index is -1.55. The van der Waals surface area contributed by atoms with Gasteiger partial charge in [0.2, 0.25) is 0 Å². The van der Waals surface area contributed by atoms with Gasteiger partial charge in [-0.15, -0.1) is 11.8 Å². The predicted octanol–water partition coefficient (Wildman–Crippen LogP) is 1.76. The molecule has 0 aromatic heterocycles. The van der Waals surface area contributed by atoms with Crippen molar-refractivity contribution in [3.8, 4) is 0 Å². The number of halogens is 4. The van der Waals surface area contributed by atoms with Gasteiger partial charge >= 0.3 is 0 Å². The number of thioether (sulfide) groups is 1. The monoisotopic (exact) mass is 206 g/mol. The van der Waals surface area contributed by atoms with Crippen LogP contribution in [0.15, 0.2) is 4.90 Å². The van der Waals surface area contributed by atoms with Gasteiger partial charge in [0, 0.05) is 0 Å². The zero-order valence-corrected chi connectivity index (χ0v) is 7.31. The molecule has 0 saturated heterocycles. The first-order valence-corrected chi connectivity index (χ1v) is 4.38. The molecule has 0 aliphatic heterocycles. The normalized spacial score (nSPS) is 10.6. The molecule has 0 nitrogen and oxygen atoms in total. The molecule has 0 unspecified atom stereocenters. The molecule has 0 amide bonds. The number of benzene rings is 1. The van der Waals surface area contributed by atoms with E-state index in [0.29, 0.717) is 11.8 Å². The molecule has 0 atom stereocenters. The quantitative estimate of drug-likeness (QED) is 0.292. The van der Waals surface area contributed by atoms with Crippen molar-refractivity contribution in [3.63, 3.8) is 0 Å². The zero-order valence-electron chi connectivity index (χ0n) is 6.50. The summed E-state index contributed by atoms with van der Waals surface area (Å²) in [5, 5.41) is 0. The van der Waals surface area contributed by atoms with E-state index in [1.165, 1.54) is 6.26 Å². The summed E-state index contributed by atoms with van der Waals surface area (Å²) in [5.74, 6) is -6.01. The van der Waals surface area contributed by atoms with Crippen molar-refractivity contribution in [3.05, 3.63) is 23.3 Å². The van der Waals surface area contributed by atoms with Crippen LogP contribution in [-0.2, 0) is 0 Å². The third-order valence-corrected chi connectivity index (χ3v) is 2.23. The highest BCUT2D eigenvalue weighted by Gasteiger charge is 2.17. The maximum absolute atomic E-state index is 12.8. The van der Waals surface area contributed by atoms with E-state index in [0.717, 1.165) is 0 Å². The topological polar surface area (TPSA) is 0 Å². The van der Waals surface area contributed by atoms with Crippen LogP contribution in [0.3, 0.4) is 0 Å². The lowest BCUT2D eigenvalue weighted by molar-refractivity contribution is 0.434. The van der Waals surface area contributed by atoms with Gasteiger partial charge in [0.15, 0.2) is 11.6 Å². The van der Waals surface area contributed by atoms with Gasteiger partial charge in [-0.1, -0.05) is 0 Å². The molecule has 3 radical (unpaired) electrons. The molecular formula is C7H3BF4S-. The fourth-order valence-corrected chi connectivity index (χ4v) is 1.35. The van der Waals surface area contributed by atoms with Gasteiger partial charge in [0.1, 0.15) is 11.6 Å². The van der Waals surface area contributed by atoms with Crippen LogP contribution in [0.2, 0.25) is 0 Å². The van der Waals surface area contributed by atoms with E-state index in [9.17, 15) is 17.6 Å². The van der Waals surface area contributed by atoms with Crippen LogP contribution in [0.1, 0.15) is 0 Å². The Morgan fingerprint density at radius 3 is 1.62 bits per heavy atom. The molecule has 6 heteroatoms. The summed E-state index contributed by atoms with van der Waals surface area (Å²) < 4.78 is 51.0. The average Bonchev–Trinajstić information content (AvgIpc) is 2.13. The van der Waals surface area contributed by atoms with Gasteiger partial charge in [-0.25, -0.2) is 23.0 Å². The van der Waals surface area contributed by atoms with Crippen LogP contribution in [0.5, 0.6) is 0 Å². The van der Waals surface area contributed by atoms with Gasteiger partial charge in [-0.2, -0.15) is 0 Å². The molecule has 69 valence electrons. The van der Waals surface area contributed by atoms with Crippen molar-refractivity contribution < 1.29 is 17.6 Å². The van der Waals surface area contributed by atoms with Gasteiger partial charge in [0.25, 0.3) is 0 Å². The van der Waals surface area contributed by atoms with Crippen LogP contribution in [-0.4, -0.2) is 14.1 Å². The highest BCUT2D eigenvalue weighted by atomic mass is 32.2. The molecule has 0 N–H and O–H groups in total. The Kier molecular flexibility index (Phi) is 2.90. The van der Waals surface area contributed by atoms with E-state index < -0.39 is 33.6 Å². The molecule has 0 bridgehead atoms. The van der Waals surface area contributed by atoms with Crippen molar-refractivity contribution in [2.24, 2.45) is 0 Å². The minimum absolute atomic E-state index is 0.574. The predicted molar refractivity (Wildman–Crippen MR) is 43.4 cm³/mol. The van der Waals surface area contributed by atoms with E-state index in [1.54, 1.807) is 0 Å². The fraction of sp³-hybridized carbons (Fsp3) is 0.143. The maximum Gasteiger partial charge on any atom is 0.171 e. The zero-order chi connectivity index (χ0) is 10.2. The van der Waals surface area contributed by atoms with Crippen molar-refractivity contribution in [1.82, 2.24) is 0 Å². The third kappa shape index (κ3) is 1.55. The minimum Gasteiger partial charge on any atom is -0.572 e. The van der Waals surface area contributed by atoms with E-state index in [2.05, 4.69) is 0 Å². The summed E-state index contributed by atoms with van der Waals surface area (Å²) in [7, 11) is 4.77. The largest absolute Gasteiger partial charge is 0.572 e. The Labute approximate surface area is 77.7 Å². The first-order chi connectivity index (χ1) is 6.00. The molecule has 0 aliphatic carbocycles. The Morgan fingerprint density at radius 1 is 0.923 bits per heavy atom. The van der Waals surface area contributed by atoms with E-state index in [1.807, 2.05) is 0 Å².